The zero-order valence-corrected chi connectivity index (χ0v) is 17.5. The van der Waals surface area contributed by atoms with Gasteiger partial charge in [-0.1, -0.05) is 18.2 Å². The average molecular weight is 422 g/mol. The van der Waals surface area contributed by atoms with Crippen LogP contribution in [0, 0.1) is 6.92 Å². The van der Waals surface area contributed by atoms with Crippen LogP contribution in [0.1, 0.15) is 34.5 Å². The van der Waals surface area contributed by atoms with Gasteiger partial charge in [-0.25, -0.2) is 9.97 Å². The van der Waals surface area contributed by atoms with Crippen LogP contribution in [0.3, 0.4) is 0 Å². The van der Waals surface area contributed by atoms with Crippen LogP contribution < -0.4 is 10.6 Å². The summed E-state index contributed by atoms with van der Waals surface area (Å²) in [5.41, 5.74) is 3.78. The van der Waals surface area contributed by atoms with Gasteiger partial charge in [0.2, 0.25) is 5.95 Å². The molecule has 3 aromatic rings. The largest absolute Gasteiger partial charge is 0.508 e. The maximum Gasteiger partial charge on any atom is 0.267 e. The van der Waals surface area contributed by atoms with Gasteiger partial charge in [0.25, 0.3) is 5.91 Å². The van der Waals surface area contributed by atoms with Gasteiger partial charge in [0.15, 0.2) is 0 Å². The molecule has 2 aromatic heterocycles. The van der Waals surface area contributed by atoms with Gasteiger partial charge in [-0.15, -0.1) is 0 Å². The number of anilines is 1. The minimum absolute atomic E-state index is 0.203. The molecule has 1 saturated heterocycles. The molecule has 3 heterocycles. The van der Waals surface area contributed by atoms with Crippen LogP contribution in [0.2, 0.25) is 0 Å². The van der Waals surface area contributed by atoms with E-state index in [1.807, 2.05) is 19.1 Å². The van der Waals surface area contributed by atoms with E-state index in [-0.39, 0.29) is 17.8 Å². The number of para-hydroxylation sites is 1. The number of phenols is 1. The summed E-state index contributed by atoms with van der Waals surface area (Å²) >= 11 is 0. The number of aromatic hydroxyl groups is 1. The third kappa shape index (κ3) is 5.21. The summed E-state index contributed by atoms with van der Waals surface area (Å²) in [5, 5.41) is 15.9. The van der Waals surface area contributed by atoms with Crippen LogP contribution in [0.5, 0.6) is 5.75 Å². The fraction of sp³-hybridized carbons (Fsp3) is 0.348. The van der Waals surface area contributed by atoms with Gasteiger partial charge < -0.3 is 25.5 Å². The lowest BCUT2D eigenvalue weighted by Crippen LogP contribution is -2.25. The fourth-order valence-corrected chi connectivity index (χ4v) is 3.62. The van der Waals surface area contributed by atoms with E-state index in [2.05, 4.69) is 25.6 Å². The first kappa shape index (κ1) is 20.9. The highest BCUT2D eigenvalue weighted by molar-refractivity contribution is 5.93. The minimum Gasteiger partial charge on any atom is -0.508 e. The number of rotatable bonds is 8. The van der Waals surface area contributed by atoms with Gasteiger partial charge in [-0.05, 0) is 49.4 Å². The van der Waals surface area contributed by atoms with E-state index >= 15 is 0 Å². The molecule has 0 aliphatic carbocycles. The summed E-state index contributed by atoms with van der Waals surface area (Å²) in [6.45, 7) is 3.86. The predicted molar refractivity (Wildman–Crippen MR) is 118 cm³/mol. The van der Waals surface area contributed by atoms with E-state index in [1.54, 1.807) is 30.6 Å². The molecule has 1 amide bonds. The number of aryl methyl sites for hydroxylation is 1. The summed E-state index contributed by atoms with van der Waals surface area (Å²) in [6, 6.07) is 8.91. The number of ether oxygens (including phenoxy) is 1. The van der Waals surface area contributed by atoms with Crippen molar-refractivity contribution in [2.24, 2.45) is 0 Å². The number of carbonyl (C=O) groups excluding carboxylic acids is 1. The molecule has 0 saturated carbocycles. The van der Waals surface area contributed by atoms with E-state index in [9.17, 15) is 9.90 Å². The van der Waals surface area contributed by atoms with E-state index in [1.165, 1.54) is 0 Å². The minimum atomic E-state index is -0.204. The molecule has 4 N–H and O–H groups in total. The maximum atomic E-state index is 12.5. The highest BCUT2D eigenvalue weighted by atomic mass is 16.5. The number of phenolic OH excluding ortho intramolecular Hbond substituents is 1. The van der Waals surface area contributed by atoms with Crippen LogP contribution in [0.4, 0.5) is 5.95 Å². The Bertz CT molecular complexity index is 1040. The molecule has 1 aliphatic heterocycles. The number of aromatic nitrogens is 3. The van der Waals surface area contributed by atoms with Crippen LogP contribution >= 0.6 is 0 Å². The molecule has 162 valence electrons. The fourth-order valence-electron chi connectivity index (χ4n) is 3.62. The summed E-state index contributed by atoms with van der Waals surface area (Å²) in [7, 11) is 0. The molecule has 1 atom stereocenters. The second-order valence-corrected chi connectivity index (χ2v) is 7.68. The van der Waals surface area contributed by atoms with Crippen molar-refractivity contribution in [1.29, 1.82) is 0 Å². The first-order chi connectivity index (χ1) is 15.1. The normalized spacial score (nSPS) is 15.7. The zero-order chi connectivity index (χ0) is 21.6. The Labute approximate surface area is 181 Å². The molecule has 1 aromatic carbocycles. The Balaban J connectivity index is 1.37. The Kier molecular flexibility index (Phi) is 6.47. The molecular weight excluding hydrogens is 394 g/mol. The highest BCUT2D eigenvalue weighted by Gasteiger charge is 2.16. The molecular formula is C23H27N5O3. The van der Waals surface area contributed by atoms with Crippen molar-refractivity contribution in [3.05, 3.63) is 59.5 Å². The zero-order valence-electron chi connectivity index (χ0n) is 17.5. The van der Waals surface area contributed by atoms with Gasteiger partial charge in [0.05, 0.1) is 11.8 Å². The lowest BCUT2D eigenvalue weighted by Gasteiger charge is -2.11. The molecule has 8 nitrogen and oxygen atoms in total. The lowest BCUT2D eigenvalue weighted by atomic mass is 10.1. The van der Waals surface area contributed by atoms with E-state index in [0.717, 1.165) is 41.8 Å². The average Bonchev–Trinajstić information content (AvgIpc) is 3.47. The van der Waals surface area contributed by atoms with Crippen LogP contribution in [-0.2, 0) is 11.2 Å². The van der Waals surface area contributed by atoms with Crippen molar-refractivity contribution in [1.82, 2.24) is 20.3 Å². The summed E-state index contributed by atoms with van der Waals surface area (Å²) < 4.78 is 5.63. The first-order valence-electron chi connectivity index (χ1n) is 10.5. The second kappa shape index (κ2) is 9.61. The van der Waals surface area contributed by atoms with E-state index in [4.69, 9.17) is 4.74 Å². The number of hydrogen-bond acceptors (Lipinski definition) is 6. The number of aromatic amines is 1. The standard InChI is InChI=1S/C23H27N5O3/c1-15-12-26-23(27-14-18-6-4-10-31-18)28-21(15)17-11-19(25-13-17)22(30)24-9-8-16-5-2-3-7-20(16)29/h2-3,5,7,11-13,18,25,29H,4,6,8-10,14H2,1H3,(H,24,30)(H,26,27,28). The maximum absolute atomic E-state index is 12.5. The third-order valence-corrected chi connectivity index (χ3v) is 5.36. The summed E-state index contributed by atoms with van der Waals surface area (Å²) in [4.78, 5) is 24.5. The number of H-pyrrole nitrogens is 1. The van der Waals surface area contributed by atoms with Crippen molar-refractivity contribution in [3.8, 4) is 17.0 Å². The van der Waals surface area contributed by atoms with Crippen molar-refractivity contribution < 1.29 is 14.6 Å². The van der Waals surface area contributed by atoms with Crippen molar-refractivity contribution in [3.63, 3.8) is 0 Å². The van der Waals surface area contributed by atoms with E-state index < -0.39 is 0 Å². The topological polar surface area (TPSA) is 112 Å². The first-order valence-corrected chi connectivity index (χ1v) is 10.5. The molecule has 0 spiro atoms. The third-order valence-electron chi connectivity index (χ3n) is 5.36. The second-order valence-electron chi connectivity index (χ2n) is 7.68. The molecule has 4 rings (SSSR count). The van der Waals surface area contributed by atoms with Crippen LogP contribution in [0.25, 0.3) is 11.3 Å². The molecule has 0 bridgehead atoms. The van der Waals surface area contributed by atoms with Crippen molar-refractivity contribution in [2.75, 3.05) is 25.0 Å². The van der Waals surface area contributed by atoms with Crippen LogP contribution in [-0.4, -0.2) is 51.8 Å². The molecule has 0 radical (unpaired) electrons. The van der Waals surface area contributed by atoms with Crippen molar-refractivity contribution in [2.45, 2.75) is 32.3 Å². The number of nitrogens with zero attached hydrogens (tertiary/aromatic N) is 2. The number of carbonyl (C=O) groups is 1. The molecule has 1 aliphatic rings. The van der Waals surface area contributed by atoms with E-state index in [0.29, 0.717) is 31.2 Å². The Morgan fingerprint density at radius 3 is 3.03 bits per heavy atom. The Hall–Kier alpha value is -3.39. The lowest BCUT2D eigenvalue weighted by molar-refractivity contribution is 0.0949. The molecule has 8 heteroatoms. The van der Waals surface area contributed by atoms with Gasteiger partial charge in [0, 0.05) is 37.7 Å². The predicted octanol–water partition coefficient (Wildman–Crippen LogP) is 3.05. The van der Waals surface area contributed by atoms with Gasteiger partial charge in [-0.2, -0.15) is 0 Å². The number of benzene rings is 1. The number of nitrogens with one attached hydrogen (secondary N) is 3. The number of amides is 1. The smallest absolute Gasteiger partial charge is 0.267 e. The molecule has 31 heavy (non-hydrogen) atoms. The van der Waals surface area contributed by atoms with Crippen LogP contribution in [0.15, 0.2) is 42.7 Å². The summed E-state index contributed by atoms with van der Waals surface area (Å²) in [6.07, 6.45) is 6.44. The van der Waals surface area contributed by atoms with Gasteiger partial charge in [-0.3, -0.25) is 4.79 Å². The molecule has 1 unspecified atom stereocenters. The summed E-state index contributed by atoms with van der Waals surface area (Å²) in [5.74, 6) is 0.582. The van der Waals surface area contributed by atoms with Gasteiger partial charge >= 0.3 is 0 Å². The quantitative estimate of drug-likeness (QED) is 0.445. The number of hydrogen-bond donors (Lipinski definition) is 4. The highest BCUT2D eigenvalue weighted by Crippen LogP contribution is 2.23. The Morgan fingerprint density at radius 1 is 1.35 bits per heavy atom. The molecule has 1 fully saturated rings. The Morgan fingerprint density at radius 2 is 2.23 bits per heavy atom. The van der Waals surface area contributed by atoms with Gasteiger partial charge in [0.1, 0.15) is 11.4 Å². The van der Waals surface area contributed by atoms with Crippen molar-refractivity contribution >= 4 is 11.9 Å². The SMILES string of the molecule is Cc1cnc(NCC2CCCO2)nc1-c1c[nH]c(C(=O)NCCc2ccccc2O)c1. The monoisotopic (exact) mass is 421 g/mol.